The van der Waals surface area contributed by atoms with Crippen LogP contribution in [0, 0.1) is 0 Å². The van der Waals surface area contributed by atoms with Crippen LogP contribution in [0.4, 0.5) is 0 Å². The summed E-state index contributed by atoms with van der Waals surface area (Å²) < 4.78 is 11.4. The third-order valence-electron chi connectivity index (χ3n) is 2.00. The molecule has 4 nitrogen and oxygen atoms in total. The van der Waals surface area contributed by atoms with Crippen molar-refractivity contribution >= 4 is 16.7 Å². The van der Waals surface area contributed by atoms with Crippen molar-refractivity contribution in [3.63, 3.8) is 0 Å². The summed E-state index contributed by atoms with van der Waals surface area (Å²) in [5.74, 6) is -0.0179. The highest BCUT2D eigenvalue weighted by molar-refractivity contribution is 7.86. The lowest BCUT2D eigenvalue weighted by Gasteiger charge is -2.08. The molecule has 1 aliphatic carbocycles. The van der Waals surface area contributed by atoms with Gasteiger partial charge in [0.25, 0.3) is 0 Å². The highest BCUT2D eigenvalue weighted by Crippen LogP contribution is 2.18. The Morgan fingerprint density at radius 3 is 2.77 bits per heavy atom. The highest BCUT2D eigenvalue weighted by Gasteiger charge is 2.24. The second-order valence-corrected chi connectivity index (χ2v) is 5.27. The van der Waals surface area contributed by atoms with Gasteiger partial charge in [-0.2, -0.15) is 0 Å². The Bertz CT molecular complexity index is 216. The number of carbonyl (C=O) groups excluding carboxylic acids is 1. The van der Waals surface area contributed by atoms with E-state index in [-0.39, 0.29) is 16.9 Å². The predicted molar refractivity (Wildman–Crippen MR) is 52.7 cm³/mol. The Hall–Kier alpha value is -0.420. The number of nitrogens with one attached hydrogen (secondary N) is 1. The Labute approximate surface area is 80.7 Å². The molecule has 0 saturated heterocycles. The summed E-state index contributed by atoms with van der Waals surface area (Å²) in [5, 5.41) is 2.70. The van der Waals surface area contributed by atoms with E-state index < -0.39 is 10.8 Å². The van der Waals surface area contributed by atoms with Gasteiger partial charge in [0.2, 0.25) is 5.91 Å². The van der Waals surface area contributed by atoms with Crippen LogP contribution in [-0.4, -0.2) is 33.7 Å². The summed E-state index contributed by atoms with van der Waals surface area (Å²) in [5.41, 5.74) is 5.34. The molecule has 1 fully saturated rings. The Kier molecular flexibility index (Phi) is 3.87. The van der Waals surface area contributed by atoms with Crippen molar-refractivity contribution in [2.24, 2.45) is 5.73 Å². The van der Waals surface area contributed by atoms with Crippen LogP contribution in [-0.2, 0) is 15.6 Å². The molecule has 0 radical (unpaired) electrons. The molecular weight excluding hydrogens is 188 g/mol. The maximum atomic E-state index is 11.4. The zero-order valence-corrected chi connectivity index (χ0v) is 8.60. The molecule has 1 saturated carbocycles. The quantitative estimate of drug-likeness (QED) is 0.626. The van der Waals surface area contributed by atoms with Gasteiger partial charge >= 0.3 is 0 Å². The second-order valence-electron chi connectivity index (χ2n) is 3.41. The Balaban J connectivity index is 2.21. The molecule has 2 unspecified atom stereocenters. The summed E-state index contributed by atoms with van der Waals surface area (Å²) in [4.78, 5) is 11.2. The molecule has 0 aromatic carbocycles. The van der Waals surface area contributed by atoms with E-state index in [9.17, 15) is 9.00 Å². The molecule has 2 atom stereocenters. The van der Waals surface area contributed by atoms with Gasteiger partial charge in [-0.3, -0.25) is 9.00 Å². The third-order valence-corrected chi connectivity index (χ3v) is 3.63. The first kappa shape index (κ1) is 10.7. The molecule has 0 aliphatic heterocycles. The van der Waals surface area contributed by atoms with Crippen LogP contribution in [0.3, 0.4) is 0 Å². The number of hydrogen-bond acceptors (Lipinski definition) is 3. The van der Waals surface area contributed by atoms with E-state index in [1.807, 2.05) is 0 Å². The minimum Gasteiger partial charge on any atom is -0.353 e. The lowest BCUT2D eigenvalue weighted by Crippen LogP contribution is -2.34. The molecule has 1 amide bonds. The van der Waals surface area contributed by atoms with E-state index in [2.05, 4.69) is 5.32 Å². The molecule has 0 spiro atoms. The Morgan fingerprint density at radius 2 is 2.31 bits per heavy atom. The minimum absolute atomic E-state index is 0.0921. The van der Waals surface area contributed by atoms with E-state index in [0.717, 1.165) is 12.8 Å². The summed E-state index contributed by atoms with van der Waals surface area (Å²) in [6.45, 7) is 2.16. The standard InChI is InChI=1S/C8H16N2O2S/c1-6(4-9)13(12)5-8(11)10-7-2-3-7/h6-7H,2-5,9H2,1H3,(H,10,11). The van der Waals surface area contributed by atoms with E-state index in [1.54, 1.807) is 6.92 Å². The highest BCUT2D eigenvalue weighted by atomic mass is 32.2. The Morgan fingerprint density at radius 1 is 1.69 bits per heavy atom. The van der Waals surface area contributed by atoms with E-state index in [4.69, 9.17) is 5.73 Å². The van der Waals surface area contributed by atoms with Crippen molar-refractivity contribution < 1.29 is 9.00 Å². The second kappa shape index (κ2) is 4.72. The first-order valence-electron chi connectivity index (χ1n) is 4.50. The number of rotatable bonds is 5. The van der Waals surface area contributed by atoms with Gasteiger partial charge in [0.15, 0.2) is 0 Å². The molecule has 0 bridgehead atoms. The van der Waals surface area contributed by atoms with Crippen LogP contribution in [0.1, 0.15) is 19.8 Å². The van der Waals surface area contributed by atoms with Gasteiger partial charge in [-0.15, -0.1) is 0 Å². The molecule has 1 rings (SSSR count). The molecule has 0 aromatic rings. The fraction of sp³-hybridized carbons (Fsp3) is 0.875. The molecule has 5 heteroatoms. The maximum Gasteiger partial charge on any atom is 0.232 e. The lowest BCUT2D eigenvalue weighted by molar-refractivity contribution is -0.118. The van der Waals surface area contributed by atoms with Gasteiger partial charge in [0.1, 0.15) is 5.75 Å². The normalized spacial score (nSPS) is 20.8. The van der Waals surface area contributed by atoms with Gasteiger partial charge in [0, 0.05) is 28.6 Å². The number of amides is 1. The molecule has 76 valence electrons. The van der Waals surface area contributed by atoms with Crippen molar-refractivity contribution in [3.8, 4) is 0 Å². The zero-order valence-electron chi connectivity index (χ0n) is 7.79. The van der Waals surface area contributed by atoms with Crippen LogP contribution in [0.5, 0.6) is 0 Å². The molecule has 3 N–H and O–H groups in total. The average Bonchev–Trinajstić information content (AvgIpc) is 2.86. The predicted octanol–water partition coefficient (Wildman–Crippen LogP) is -0.639. The lowest BCUT2D eigenvalue weighted by atomic mass is 10.5. The third kappa shape index (κ3) is 3.87. The van der Waals surface area contributed by atoms with Crippen LogP contribution < -0.4 is 11.1 Å². The maximum absolute atomic E-state index is 11.4. The van der Waals surface area contributed by atoms with Crippen molar-refractivity contribution in [2.75, 3.05) is 12.3 Å². The minimum atomic E-state index is -1.12. The topological polar surface area (TPSA) is 72.2 Å². The van der Waals surface area contributed by atoms with Gasteiger partial charge in [-0.25, -0.2) is 0 Å². The van der Waals surface area contributed by atoms with E-state index in [0.29, 0.717) is 12.6 Å². The van der Waals surface area contributed by atoms with Crippen LogP contribution >= 0.6 is 0 Å². The van der Waals surface area contributed by atoms with Gasteiger partial charge < -0.3 is 11.1 Å². The van der Waals surface area contributed by atoms with E-state index >= 15 is 0 Å². The average molecular weight is 204 g/mol. The first-order valence-corrected chi connectivity index (χ1v) is 5.88. The molecule has 1 aliphatic rings. The fourth-order valence-corrected chi connectivity index (χ4v) is 1.72. The number of nitrogens with two attached hydrogens (primary N) is 1. The largest absolute Gasteiger partial charge is 0.353 e. The van der Waals surface area contributed by atoms with Crippen molar-refractivity contribution in [2.45, 2.75) is 31.1 Å². The van der Waals surface area contributed by atoms with Crippen LogP contribution in [0.25, 0.3) is 0 Å². The SMILES string of the molecule is CC(CN)S(=O)CC(=O)NC1CC1. The first-order chi connectivity index (χ1) is 6.13. The zero-order chi connectivity index (χ0) is 9.84. The van der Waals surface area contributed by atoms with E-state index in [1.165, 1.54) is 0 Å². The summed E-state index contributed by atoms with van der Waals surface area (Å²) in [6.07, 6.45) is 2.12. The van der Waals surface area contributed by atoms with Crippen molar-refractivity contribution in [3.05, 3.63) is 0 Å². The summed E-state index contributed by atoms with van der Waals surface area (Å²) in [6, 6.07) is 0.345. The molecule has 0 aromatic heterocycles. The van der Waals surface area contributed by atoms with Gasteiger partial charge in [-0.05, 0) is 19.8 Å². The van der Waals surface area contributed by atoms with Crippen LogP contribution in [0.2, 0.25) is 0 Å². The smallest absolute Gasteiger partial charge is 0.232 e. The van der Waals surface area contributed by atoms with Crippen LogP contribution in [0.15, 0.2) is 0 Å². The summed E-state index contributed by atoms with van der Waals surface area (Å²) in [7, 11) is -1.12. The monoisotopic (exact) mass is 204 g/mol. The summed E-state index contributed by atoms with van der Waals surface area (Å²) >= 11 is 0. The van der Waals surface area contributed by atoms with Gasteiger partial charge in [0.05, 0.1) is 0 Å². The number of hydrogen-bond donors (Lipinski definition) is 2. The fourth-order valence-electron chi connectivity index (χ4n) is 0.876. The number of carbonyl (C=O) groups is 1. The molecular formula is C8H16N2O2S. The van der Waals surface area contributed by atoms with Gasteiger partial charge in [-0.1, -0.05) is 0 Å². The molecule has 0 heterocycles. The van der Waals surface area contributed by atoms with Crippen molar-refractivity contribution in [1.29, 1.82) is 0 Å². The molecule has 13 heavy (non-hydrogen) atoms. The van der Waals surface area contributed by atoms with Crippen molar-refractivity contribution in [1.82, 2.24) is 5.32 Å².